The van der Waals surface area contributed by atoms with Crippen molar-refractivity contribution >= 4 is 0 Å². The lowest BCUT2D eigenvalue weighted by molar-refractivity contribution is 0.128. The first-order chi connectivity index (χ1) is 4.84. The Hall–Kier alpha value is -0.520. The highest BCUT2D eigenvalue weighted by Crippen LogP contribution is 2.16. The van der Waals surface area contributed by atoms with Crippen LogP contribution in [0.3, 0.4) is 0 Å². The van der Waals surface area contributed by atoms with E-state index < -0.39 is 0 Å². The quantitative estimate of drug-likeness (QED) is 0.458. The number of hydrogen-bond donors (Lipinski definition) is 1. The van der Waals surface area contributed by atoms with Gasteiger partial charge in [0.15, 0.2) is 0 Å². The van der Waals surface area contributed by atoms with Gasteiger partial charge in [0.2, 0.25) is 0 Å². The first-order valence-corrected chi connectivity index (χ1v) is 3.54. The summed E-state index contributed by atoms with van der Waals surface area (Å²) in [6, 6.07) is 0. The number of hydrogen-bond acceptors (Lipinski definition) is 2. The van der Waals surface area contributed by atoms with Gasteiger partial charge in [-0.2, -0.15) is 0 Å². The van der Waals surface area contributed by atoms with Crippen molar-refractivity contribution in [1.82, 2.24) is 0 Å². The lowest BCUT2D eigenvalue weighted by atomic mass is 10.1. The highest BCUT2D eigenvalue weighted by atomic mass is 16.6. The van der Waals surface area contributed by atoms with Crippen molar-refractivity contribution in [1.29, 1.82) is 0 Å². The molecule has 2 nitrogen and oxygen atoms in total. The number of aliphatic hydroxyl groups excluding tert-OH is 1. The van der Waals surface area contributed by atoms with Crippen LogP contribution in [0.15, 0.2) is 0 Å². The van der Waals surface area contributed by atoms with E-state index in [2.05, 4.69) is 11.8 Å². The summed E-state index contributed by atoms with van der Waals surface area (Å²) in [4.78, 5) is 0. The maximum atomic E-state index is 9.22. The van der Waals surface area contributed by atoms with Crippen molar-refractivity contribution in [3.8, 4) is 11.8 Å². The van der Waals surface area contributed by atoms with Crippen LogP contribution in [0.1, 0.15) is 19.8 Å². The Morgan fingerprint density at radius 1 is 1.80 bits per heavy atom. The lowest BCUT2D eigenvalue weighted by Gasteiger charge is -2.01. The van der Waals surface area contributed by atoms with Crippen LogP contribution >= 0.6 is 0 Å². The summed E-state index contributed by atoms with van der Waals surface area (Å²) in [7, 11) is 0. The van der Waals surface area contributed by atoms with Gasteiger partial charge in [-0.3, -0.25) is 0 Å². The monoisotopic (exact) mass is 140 g/mol. The van der Waals surface area contributed by atoms with Gasteiger partial charge in [0.25, 0.3) is 0 Å². The number of ether oxygens (including phenoxy) is 1. The van der Waals surface area contributed by atoms with Crippen molar-refractivity contribution in [3.63, 3.8) is 0 Å². The van der Waals surface area contributed by atoms with E-state index in [1.165, 1.54) is 0 Å². The third kappa shape index (κ3) is 2.38. The molecule has 0 aliphatic carbocycles. The van der Waals surface area contributed by atoms with E-state index in [4.69, 9.17) is 4.74 Å². The molecule has 10 heavy (non-hydrogen) atoms. The molecule has 2 heteroatoms. The Morgan fingerprint density at radius 2 is 2.50 bits per heavy atom. The Morgan fingerprint density at radius 3 is 3.00 bits per heavy atom. The summed E-state index contributed by atoms with van der Waals surface area (Å²) in [5, 5.41) is 9.22. The molecule has 1 saturated heterocycles. The third-order valence-electron chi connectivity index (χ3n) is 1.53. The number of rotatable bonds is 3. The molecule has 2 atom stereocenters. The Labute approximate surface area is 61.2 Å². The number of epoxide rings is 1. The predicted octanol–water partition coefficient (Wildman–Crippen LogP) is 0.550. The second-order valence-electron chi connectivity index (χ2n) is 2.40. The van der Waals surface area contributed by atoms with E-state index in [-0.39, 0.29) is 12.2 Å². The van der Waals surface area contributed by atoms with Crippen LogP contribution in [0.4, 0.5) is 0 Å². The summed E-state index contributed by atoms with van der Waals surface area (Å²) in [6.45, 7) is 2.53. The molecular weight excluding hydrogens is 128 g/mol. The van der Waals surface area contributed by atoms with E-state index in [0.717, 1.165) is 19.4 Å². The van der Waals surface area contributed by atoms with Gasteiger partial charge in [0.1, 0.15) is 6.10 Å². The van der Waals surface area contributed by atoms with Crippen LogP contribution in [0.2, 0.25) is 0 Å². The van der Waals surface area contributed by atoms with Gasteiger partial charge in [-0.25, -0.2) is 0 Å². The molecule has 56 valence electrons. The van der Waals surface area contributed by atoms with E-state index in [1.54, 1.807) is 6.92 Å². The molecule has 0 saturated carbocycles. The highest BCUT2D eigenvalue weighted by molar-refractivity contribution is 4.96. The van der Waals surface area contributed by atoms with E-state index in [9.17, 15) is 5.11 Å². The maximum absolute atomic E-state index is 9.22. The fraction of sp³-hybridized carbons (Fsp3) is 0.750. The second-order valence-corrected chi connectivity index (χ2v) is 2.40. The highest BCUT2D eigenvalue weighted by Gasteiger charge is 2.30. The molecule has 1 aliphatic rings. The van der Waals surface area contributed by atoms with E-state index in [0.29, 0.717) is 0 Å². The minimum absolute atomic E-state index is 0.110. The largest absolute Gasteiger partial charge is 0.390 e. The molecule has 0 amide bonds. The fourth-order valence-corrected chi connectivity index (χ4v) is 0.809. The van der Waals surface area contributed by atoms with Crippen molar-refractivity contribution in [2.75, 3.05) is 6.61 Å². The number of aliphatic hydroxyl groups is 1. The molecule has 1 heterocycles. The van der Waals surface area contributed by atoms with Gasteiger partial charge in [-0.1, -0.05) is 0 Å². The first-order valence-electron chi connectivity index (χ1n) is 3.54. The van der Waals surface area contributed by atoms with Gasteiger partial charge in [-0.15, -0.1) is 11.8 Å². The van der Waals surface area contributed by atoms with Crippen molar-refractivity contribution in [3.05, 3.63) is 0 Å². The minimum Gasteiger partial charge on any atom is -0.390 e. The van der Waals surface area contributed by atoms with Crippen LogP contribution in [0.5, 0.6) is 0 Å². The van der Waals surface area contributed by atoms with Crippen LogP contribution in [-0.4, -0.2) is 23.9 Å². The molecule has 1 aliphatic heterocycles. The topological polar surface area (TPSA) is 32.8 Å². The molecule has 1 fully saturated rings. The smallest absolute Gasteiger partial charge is 0.107 e. The lowest BCUT2D eigenvalue weighted by Crippen LogP contribution is -2.13. The second kappa shape index (κ2) is 3.60. The molecule has 0 bridgehead atoms. The Balaban J connectivity index is 2.04. The zero-order valence-corrected chi connectivity index (χ0v) is 6.13. The van der Waals surface area contributed by atoms with Crippen LogP contribution in [0, 0.1) is 11.8 Å². The molecule has 0 aromatic heterocycles. The average molecular weight is 140 g/mol. The van der Waals surface area contributed by atoms with E-state index >= 15 is 0 Å². The van der Waals surface area contributed by atoms with Crippen molar-refractivity contribution in [2.24, 2.45) is 0 Å². The molecule has 1 N–H and O–H groups in total. The molecule has 0 radical (unpaired) electrons. The molecule has 0 aromatic rings. The molecule has 1 rings (SSSR count). The maximum Gasteiger partial charge on any atom is 0.107 e. The Bertz CT molecular complexity index is 150. The summed E-state index contributed by atoms with van der Waals surface area (Å²) < 4.78 is 4.90. The summed E-state index contributed by atoms with van der Waals surface area (Å²) >= 11 is 0. The first kappa shape index (κ1) is 7.59. The van der Waals surface area contributed by atoms with Gasteiger partial charge < -0.3 is 9.84 Å². The van der Waals surface area contributed by atoms with E-state index in [1.807, 2.05) is 0 Å². The Kier molecular flexibility index (Phi) is 2.73. The zero-order valence-electron chi connectivity index (χ0n) is 6.13. The summed E-state index contributed by atoms with van der Waals surface area (Å²) in [5.41, 5.74) is 0. The van der Waals surface area contributed by atoms with Gasteiger partial charge in [0.05, 0.1) is 12.7 Å². The van der Waals surface area contributed by atoms with Crippen molar-refractivity contribution < 1.29 is 9.84 Å². The zero-order chi connectivity index (χ0) is 7.40. The third-order valence-corrected chi connectivity index (χ3v) is 1.53. The van der Waals surface area contributed by atoms with Gasteiger partial charge in [0, 0.05) is 6.42 Å². The predicted molar refractivity (Wildman–Crippen MR) is 38.4 cm³/mol. The van der Waals surface area contributed by atoms with Crippen LogP contribution in [0.25, 0.3) is 0 Å². The minimum atomic E-state index is -0.291. The molecular formula is C8H12O2. The standard InChI is InChI=1S/C8H12O2/c1-2-3-4-5-7(9)8-6-10-8/h7-9H,4-6H2,1H3/t7-,8-/m1/s1. The molecule has 0 unspecified atom stereocenters. The SMILES string of the molecule is CC#CCC[C@@H](O)[C@H]1CO1. The fourth-order valence-electron chi connectivity index (χ4n) is 0.809. The van der Waals surface area contributed by atoms with Crippen molar-refractivity contribution in [2.45, 2.75) is 32.0 Å². The summed E-state index contributed by atoms with van der Waals surface area (Å²) in [6.07, 6.45) is 1.34. The normalized spacial score (nSPS) is 24.8. The summed E-state index contributed by atoms with van der Waals surface area (Å²) in [5.74, 6) is 5.68. The van der Waals surface area contributed by atoms with Gasteiger partial charge >= 0.3 is 0 Å². The average Bonchev–Trinajstić information content (AvgIpc) is 2.69. The van der Waals surface area contributed by atoms with Crippen LogP contribution < -0.4 is 0 Å². The molecule has 0 aromatic carbocycles. The van der Waals surface area contributed by atoms with Gasteiger partial charge in [-0.05, 0) is 13.3 Å². The van der Waals surface area contributed by atoms with Crippen LogP contribution in [-0.2, 0) is 4.74 Å². The molecule has 0 spiro atoms.